The molecule has 1 aromatic rings. The normalized spacial score (nSPS) is 25.0. The van der Waals surface area contributed by atoms with Gasteiger partial charge in [-0.2, -0.15) is 5.10 Å². The first kappa shape index (κ1) is 13.5. The molecule has 1 aromatic heterocycles. The number of hydrogen-bond donors (Lipinski definition) is 1. The van der Waals surface area contributed by atoms with E-state index in [-0.39, 0.29) is 24.8 Å². The first-order chi connectivity index (χ1) is 8.52. The fourth-order valence-electron chi connectivity index (χ4n) is 2.83. The fraction of sp³-hybridized carbons (Fsp3) is 0.769. The zero-order chi connectivity index (χ0) is 13.2. The Balaban J connectivity index is 2.14. The summed E-state index contributed by atoms with van der Waals surface area (Å²) in [7, 11) is 1.85. The molecule has 1 aliphatic rings. The second kappa shape index (κ2) is 5.34. The van der Waals surface area contributed by atoms with E-state index in [1.54, 1.807) is 4.68 Å². The van der Waals surface area contributed by atoms with Crippen molar-refractivity contribution in [1.82, 2.24) is 15.1 Å². The number of halogens is 2. The molecule has 5 heteroatoms. The minimum Gasteiger partial charge on any atom is -0.309 e. The minimum absolute atomic E-state index is 0.0244. The van der Waals surface area contributed by atoms with Gasteiger partial charge >= 0.3 is 0 Å². The lowest BCUT2D eigenvalue weighted by Crippen LogP contribution is -2.35. The standard InChI is InChI=1S/C13H21F2N3/c1-3-16-12(11-6-8-18(2)17-11)10-5-4-7-13(14,15)9-10/h6,8,10,12,16H,3-5,7,9H2,1-2H3. The average molecular weight is 257 g/mol. The van der Waals surface area contributed by atoms with Crippen LogP contribution in [0.4, 0.5) is 8.78 Å². The second-order valence-electron chi connectivity index (χ2n) is 5.16. The Kier molecular flexibility index (Phi) is 4.00. The van der Waals surface area contributed by atoms with Crippen LogP contribution in [0.1, 0.15) is 44.3 Å². The van der Waals surface area contributed by atoms with Gasteiger partial charge in [0.05, 0.1) is 11.7 Å². The molecule has 3 nitrogen and oxygen atoms in total. The highest BCUT2D eigenvalue weighted by Crippen LogP contribution is 2.41. The fourth-order valence-corrected chi connectivity index (χ4v) is 2.83. The number of aryl methyl sites for hydroxylation is 1. The van der Waals surface area contributed by atoms with Gasteiger partial charge in [-0.25, -0.2) is 8.78 Å². The van der Waals surface area contributed by atoms with Gasteiger partial charge in [-0.15, -0.1) is 0 Å². The molecule has 0 saturated heterocycles. The van der Waals surface area contributed by atoms with E-state index in [9.17, 15) is 8.78 Å². The number of aromatic nitrogens is 2. The first-order valence-corrected chi connectivity index (χ1v) is 6.62. The molecule has 102 valence electrons. The van der Waals surface area contributed by atoms with Gasteiger partial charge in [0.15, 0.2) is 0 Å². The van der Waals surface area contributed by atoms with Gasteiger partial charge in [0, 0.05) is 26.1 Å². The van der Waals surface area contributed by atoms with E-state index in [1.807, 2.05) is 26.2 Å². The van der Waals surface area contributed by atoms with Crippen molar-refractivity contribution in [3.05, 3.63) is 18.0 Å². The predicted molar refractivity (Wildman–Crippen MR) is 66.5 cm³/mol. The lowest BCUT2D eigenvalue weighted by molar-refractivity contribution is -0.0585. The van der Waals surface area contributed by atoms with Gasteiger partial charge in [-0.05, 0) is 31.4 Å². The van der Waals surface area contributed by atoms with Crippen LogP contribution in [0.2, 0.25) is 0 Å². The molecule has 0 bridgehead atoms. The first-order valence-electron chi connectivity index (χ1n) is 6.62. The largest absolute Gasteiger partial charge is 0.309 e. The van der Waals surface area contributed by atoms with Gasteiger partial charge in [0.1, 0.15) is 0 Å². The van der Waals surface area contributed by atoms with Crippen molar-refractivity contribution < 1.29 is 8.78 Å². The topological polar surface area (TPSA) is 29.9 Å². The predicted octanol–water partition coefficient (Wildman–Crippen LogP) is 2.90. The maximum Gasteiger partial charge on any atom is 0.248 e. The lowest BCUT2D eigenvalue weighted by Gasteiger charge is -2.34. The third-order valence-electron chi connectivity index (χ3n) is 3.63. The summed E-state index contributed by atoms with van der Waals surface area (Å²) in [4.78, 5) is 0. The van der Waals surface area contributed by atoms with E-state index in [0.717, 1.165) is 18.7 Å². The Labute approximate surface area is 107 Å². The highest BCUT2D eigenvalue weighted by molar-refractivity contribution is 5.08. The quantitative estimate of drug-likeness (QED) is 0.898. The molecule has 1 aliphatic carbocycles. The van der Waals surface area contributed by atoms with Crippen LogP contribution < -0.4 is 5.32 Å². The Hall–Kier alpha value is -0.970. The van der Waals surface area contributed by atoms with Crippen molar-refractivity contribution in [3.8, 4) is 0 Å². The zero-order valence-electron chi connectivity index (χ0n) is 11.0. The number of nitrogens with zero attached hydrogens (tertiary/aromatic N) is 2. The van der Waals surface area contributed by atoms with Crippen LogP contribution in [0.15, 0.2) is 12.3 Å². The second-order valence-corrected chi connectivity index (χ2v) is 5.16. The number of rotatable bonds is 4. The van der Waals surface area contributed by atoms with E-state index < -0.39 is 5.92 Å². The Morgan fingerprint density at radius 3 is 2.94 bits per heavy atom. The van der Waals surface area contributed by atoms with Crippen molar-refractivity contribution in [2.45, 2.75) is 44.6 Å². The summed E-state index contributed by atoms with van der Waals surface area (Å²) < 4.78 is 28.8. The van der Waals surface area contributed by atoms with Gasteiger partial charge in [0.25, 0.3) is 0 Å². The molecule has 1 fully saturated rings. The van der Waals surface area contributed by atoms with E-state index in [2.05, 4.69) is 10.4 Å². The summed E-state index contributed by atoms with van der Waals surface area (Å²) in [6.07, 6.45) is 3.32. The van der Waals surface area contributed by atoms with E-state index >= 15 is 0 Å². The molecule has 2 atom stereocenters. The molecule has 2 rings (SSSR count). The summed E-state index contributed by atoms with van der Waals surface area (Å²) in [5.74, 6) is -2.53. The van der Waals surface area contributed by atoms with Crippen molar-refractivity contribution >= 4 is 0 Å². The van der Waals surface area contributed by atoms with Crippen LogP contribution in [0.3, 0.4) is 0 Å². The van der Waals surface area contributed by atoms with Crippen LogP contribution in [-0.4, -0.2) is 22.2 Å². The highest BCUT2D eigenvalue weighted by Gasteiger charge is 2.40. The van der Waals surface area contributed by atoms with Crippen LogP contribution in [0.25, 0.3) is 0 Å². The summed E-state index contributed by atoms with van der Waals surface area (Å²) in [5, 5.41) is 7.67. The molecule has 0 amide bonds. The molecule has 0 aromatic carbocycles. The molecule has 0 aliphatic heterocycles. The van der Waals surface area contributed by atoms with E-state index in [4.69, 9.17) is 0 Å². The molecule has 0 radical (unpaired) electrons. The van der Waals surface area contributed by atoms with E-state index in [0.29, 0.717) is 6.42 Å². The lowest BCUT2D eigenvalue weighted by atomic mass is 9.80. The van der Waals surface area contributed by atoms with E-state index in [1.165, 1.54) is 0 Å². The Bertz CT molecular complexity index is 389. The summed E-state index contributed by atoms with van der Waals surface area (Å²) >= 11 is 0. The SMILES string of the molecule is CCNC(c1ccn(C)n1)C1CCCC(F)(F)C1. The average Bonchev–Trinajstić information content (AvgIpc) is 2.71. The van der Waals surface area contributed by atoms with Gasteiger partial charge < -0.3 is 5.32 Å². The van der Waals surface area contributed by atoms with Gasteiger partial charge in [0.2, 0.25) is 5.92 Å². The molecule has 2 unspecified atom stereocenters. The maximum absolute atomic E-state index is 13.5. The van der Waals surface area contributed by atoms with Crippen LogP contribution in [0, 0.1) is 5.92 Å². The van der Waals surface area contributed by atoms with Crippen molar-refractivity contribution in [2.75, 3.05) is 6.54 Å². The zero-order valence-corrected chi connectivity index (χ0v) is 11.0. The summed E-state index contributed by atoms with van der Waals surface area (Å²) in [6.45, 7) is 2.76. The van der Waals surface area contributed by atoms with Crippen molar-refractivity contribution in [3.63, 3.8) is 0 Å². The smallest absolute Gasteiger partial charge is 0.248 e. The summed E-state index contributed by atoms with van der Waals surface area (Å²) in [5.41, 5.74) is 0.877. The van der Waals surface area contributed by atoms with Gasteiger partial charge in [-0.1, -0.05) is 6.92 Å². The summed E-state index contributed by atoms with van der Waals surface area (Å²) in [6, 6.07) is 1.86. The van der Waals surface area contributed by atoms with Gasteiger partial charge in [-0.3, -0.25) is 4.68 Å². The van der Waals surface area contributed by atoms with Crippen LogP contribution >= 0.6 is 0 Å². The number of hydrogen-bond acceptors (Lipinski definition) is 2. The molecule has 1 saturated carbocycles. The monoisotopic (exact) mass is 257 g/mol. The Morgan fingerprint density at radius 1 is 1.61 bits per heavy atom. The third-order valence-corrected chi connectivity index (χ3v) is 3.63. The third kappa shape index (κ3) is 3.07. The molecule has 0 spiro atoms. The van der Waals surface area contributed by atoms with Crippen molar-refractivity contribution in [1.29, 1.82) is 0 Å². The molecule has 1 N–H and O–H groups in total. The maximum atomic E-state index is 13.5. The van der Waals surface area contributed by atoms with Crippen molar-refractivity contribution in [2.24, 2.45) is 13.0 Å². The molecule has 1 heterocycles. The van der Waals surface area contributed by atoms with Crippen LogP contribution in [-0.2, 0) is 7.05 Å². The molecular weight excluding hydrogens is 236 g/mol. The Morgan fingerprint density at radius 2 is 2.39 bits per heavy atom. The molecule has 18 heavy (non-hydrogen) atoms. The minimum atomic E-state index is -2.51. The highest BCUT2D eigenvalue weighted by atomic mass is 19.3. The molecular formula is C13H21F2N3. The van der Waals surface area contributed by atoms with Crippen LogP contribution in [0.5, 0.6) is 0 Å². The number of nitrogens with one attached hydrogen (secondary N) is 1. The number of alkyl halides is 2.